The van der Waals surface area contributed by atoms with Crippen molar-refractivity contribution in [2.75, 3.05) is 18.2 Å². The van der Waals surface area contributed by atoms with Crippen LogP contribution in [0.2, 0.25) is 0 Å². The number of fused-ring (bicyclic) bond motifs is 1. The number of hydrogen-bond acceptors (Lipinski definition) is 6. The van der Waals surface area contributed by atoms with Crippen LogP contribution in [0.1, 0.15) is 5.56 Å². The fourth-order valence-electron chi connectivity index (χ4n) is 2.09. The Morgan fingerprint density at radius 2 is 2.22 bits per heavy atom. The summed E-state index contributed by atoms with van der Waals surface area (Å²) in [5, 5.41) is 3.55. The third kappa shape index (κ3) is 3.42. The monoisotopic (exact) mass is 329 g/mol. The standard InChI is InChI=1S/C15H15N5O2S/c1-9-3-4-11(22-2)10(5-9)20-12(21)6-23-15-13-14(17-7-16-13)18-8-19-15/h3-5,7-8H,6H2,1-2H3,(H,20,21)(H,16,17,18,19). The topological polar surface area (TPSA) is 92.8 Å². The Balaban J connectivity index is 1.68. The molecule has 3 aromatic rings. The van der Waals surface area contributed by atoms with Gasteiger partial charge in [0, 0.05) is 0 Å². The van der Waals surface area contributed by atoms with Crippen LogP contribution in [0.4, 0.5) is 5.69 Å². The van der Waals surface area contributed by atoms with Gasteiger partial charge in [-0.1, -0.05) is 17.8 Å². The molecule has 0 aliphatic carbocycles. The molecule has 0 bridgehead atoms. The van der Waals surface area contributed by atoms with Crippen molar-refractivity contribution in [3.05, 3.63) is 36.4 Å². The molecule has 0 saturated carbocycles. The van der Waals surface area contributed by atoms with E-state index in [1.165, 1.54) is 18.1 Å². The number of H-pyrrole nitrogens is 1. The molecule has 2 heterocycles. The Bertz CT molecular complexity index is 849. The summed E-state index contributed by atoms with van der Waals surface area (Å²) in [6.07, 6.45) is 2.99. The summed E-state index contributed by atoms with van der Waals surface area (Å²) >= 11 is 1.32. The molecule has 0 radical (unpaired) electrons. The molecule has 118 valence electrons. The third-order valence-corrected chi connectivity index (χ3v) is 4.15. The van der Waals surface area contributed by atoms with E-state index in [2.05, 4.69) is 25.3 Å². The average Bonchev–Trinajstić information content (AvgIpc) is 3.02. The molecule has 0 spiro atoms. The highest BCUT2D eigenvalue weighted by atomic mass is 32.2. The van der Waals surface area contributed by atoms with E-state index in [9.17, 15) is 4.79 Å². The van der Waals surface area contributed by atoms with Crippen LogP contribution >= 0.6 is 11.8 Å². The van der Waals surface area contributed by atoms with Crippen molar-refractivity contribution >= 4 is 34.5 Å². The van der Waals surface area contributed by atoms with Gasteiger partial charge in [0.25, 0.3) is 0 Å². The highest BCUT2D eigenvalue weighted by molar-refractivity contribution is 8.00. The Hall–Kier alpha value is -2.61. The van der Waals surface area contributed by atoms with Crippen LogP contribution in [0.25, 0.3) is 11.2 Å². The molecular weight excluding hydrogens is 314 g/mol. The number of aromatic nitrogens is 4. The number of methoxy groups -OCH3 is 1. The van der Waals surface area contributed by atoms with Crippen LogP contribution < -0.4 is 10.1 Å². The second-order valence-corrected chi connectivity index (χ2v) is 5.78. The zero-order valence-electron chi connectivity index (χ0n) is 12.7. The van der Waals surface area contributed by atoms with Crippen molar-refractivity contribution in [3.8, 4) is 5.75 Å². The minimum Gasteiger partial charge on any atom is -0.495 e. The van der Waals surface area contributed by atoms with Gasteiger partial charge in [-0.2, -0.15) is 0 Å². The van der Waals surface area contributed by atoms with Crippen molar-refractivity contribution in [1.29, 1.82) is 0 Å². The number of carbonyl (C=O) groups is 1. The van der Waals surface area contributed by atoms with Gasteiger partial charge in [-0.3, -0.25) is 4.79 Å². The van der Waals surface area contributed by atoms with Crippen molar-refractivity contribution in [2.45, 2.75) is 11.9 Å². The molecule has 3 rings (SSSR count). The van der Waals surface area contributed by atoms with E-state index in [4.69, 9.17) is 4.74 Å². The molecule has 0 fully saturated rings. The number of benzene rings is 1. The Morgan fingerprint density at radius 1 is 1.35 bits per heavy atom. The van der Waals surface area contributed by atoms with E-state index in [1.54, 1.807) is 13.4 Å². The minimum atomic E-state index is -0.134. The quantitative estimate of drug-likeness (QED) is 0.551. The maximum absolute atomic E-state index is 12.2. The summed E-state index contributed by atoms with van der Waals surface area (Å²) in [7, 11) is 1.57. The zero-order valence-corrected chi connectivity index (χ0v) is 13.5. The van der Waals surface area contributed by atoms with E-state index in [1.807, 2.05) is 25.1 Å². The SMILES string of the molecule is COc1ccc(C)cc1NC(=O)CSc1ncnc2nc[nH]c12. The van der Waals surface area contributed by atoms with Gasteiger partial charge in [0.1, 0.15) is 22.6 Å². The largest absolute Gasteiger partial charge is 0.495 e. The maximum atomic E-state index is 12.2. The number of amides is 1. The number of hydrogen-bond donors (Lipinski definition) is 2. The lowest BCUT2D eigenvalue weighted by Gasteiger charge is -2.10. The normalized spacial score (nSPS) is 10.7. The predicted molar refractivity (Wildman–Crippen MR) is 88.8 cm³/mol. The van der Waals surface area contributed by atoms with E-state index < -0.39 is 0 Å². The lowest BCUT2D eigenvalue weighted by atomic mass is 10.2. The maximum Gasteiger partial charge on any atom is 0.234 e. The van der Waals surface area contributed by atoms with Gasteiger partial charge < -0.3 is 15.0 Å². The summed E-state index contributed by atoms with van der Waals surface area (Å²) in [6.45, 7) is 1.96. The molecule has 2 N–H and O–H groups in total. The Labute approximate surface area is 136 Å². The number of nitrogens with zero attached hydrogens (tertiary/aromatic N) is 3. The van der Waals surface area contributed by atoms with Gasteiger partial charge in [-0.15, -0.1) is 0 Å². The number of rotatable bonds is 5. The second kappa shape index (κ2) is 6.66. The number of anilines is 1. The smallest absolute Gasteiger partial charge is 0.234 e. The van der Waals surface area contributed by atoms with Crippen LogP contribution in [0.5, 0.6) is 5.75 Å². The molecule has 2 aromatic heterocycles. The van der Waals surface area contributed by atoms with Gasteiger partial charge in [0.05, 0.1) is 24.9 Å². The van der Waals surface area contributed by atoms with Crippen molar-refractivity contribution in [2.24, 2.45) is 0 Å². The molecule has 23 heavy (non-hydrogen) atoms. The number of aryl methyl sites for hydroxylation is 1. The zero-order chi connectivity index (χ0) is 16.2. The summed E-state index contributed by atoms with van der Waals surface area (Å²) < 4.78 is 5.26. The molecule has 1 aromatic carbocycles. The number of aromatic amines is 1. The molecule has 1 amide bonds. The van der Waals surface area contributed by atoms with Gasteiger partial charge in [0.2, 0.25) is 5.91 Å². The fourth-order valence-corrected chi connectivity index (χ4v) is 2.85. The van der Waals surface area contributed by atoms with Gasteiger partial charge in [-0.25, -0.2) is 15.0 Å². The number of carbonyl (C=O) groups excluding carboxylic acids is 1. The fraction of sp³-hybridized carbons (Fsp3) is 0.200. The lowest BCUT2D eigenvalue weighted by molar-refractivity contribution is -0.113. The summed E-state index contributed by atoms with van der Waals surface area (Å²) in [6, 6.07) is 5.63. The van der Waals surface area contributed by atoms with Crippen LogP contribution in [0, 0.1) is 6.92 Å². The highest BCUT2D eigenvalue weighted by Crippen LogP contribution is 2.26. The molecule has 0 saturated heterocycles. The number of imidazole rings is 1. The number of thioether (sulfide) groups is 1. The van der Waals surface area contributed by atoms with Crippen LogP contribution in [-0.2, 0) is 4.79 Å². The summed E-state index contributed by atoms with van der Waals surface area (Å²) in [5.74, 6) is 0.722. The minimum absolute atomic E-state index is 0.134. The van der Waals surface area contributed by atoms with E-state index in [0.29, 0.717) is 22.1 Å². The van der Waals surface area contributed by atoms with Crippen LogP contribution in [-0.4, -0.2) is 38.7 Å². The number of nitrogens with one attached hydrogen (secondary N) is 2. The second-order valence-electron chi connectivity index (χ2n) is 4.82. The molecule has 7 nitrogen and oxygen atoms in total. The first-order valence-corrected chi connectivity index (χ1v) is 7.87. The lowest BCUT2D eigenvalue weighted by Crippen LogP contribution is -2.15. The first-order chi connectivity index (χ1) is 11.2. The van der Waals surface area contributed by atoms with Crippen LogP contribution in [0.3, 0.4) is 0 Å². The molecule has 0 unspecified atom stereocenters. The molecular formula is C15H15N5O2S. The Kier molecular flexibility index (Phi) is 4.42. The van der Waals surface area contributed by atoms with Gasteiger partial charge >= 0.3 is 0 Å². The van der Waals surface area contributed by atoms with Crippen molar-refractivity contribution in [3.63, 3.8) is 0 Å². The van der Waals surface area contributed by atoms with E-state index >= 15 is 0 Å². The molecule has 0 aliphatic heterocycles. The predicted octanol–water partition coefficient (Wildman–Crippen LogP) is 2.40. The summed E-state index contributed by atoms with van der Waals surface area (Å²) in [5.41, 5.74) is 3.03. The molecule has 8 heteroatoms. The highest BCUT2D eigenvalue weighted by Gasteiger charge is 2.11. The van der Waals surface area contributed by atoms with Crippen molar-refractivity contribution < 1.29 is 9.53 Å². The van der Waals surface area contributed by atoms with Gasteiger partial charge in [-0.05, 0) is 24.6 Å². The van der Waals surface area contributed by atoms with E-state index in [-0.39, 0.29) is 11.7 Å². The summed E-state index contributed by atoms with van der Waals surface area (Å²) in [4.78, 5) is 27.5. The van der Waals surface area contributed by atoms with E-state index in [0.717, 1.165) is 11.1 Å². The first-order valence-electron chi connectivity index (χ1n) is 6.88. The molecule has 0 aliphatic rings. The average molecular weight is 329 g/mol. The van der Waals surface area contributed by atoms with Crippen LogP contribution in [0.15, 0.2) is 35.9 Å². The molecule has 0 atom stereocenters. The first kappa shape index (κ1) is 15.3. The Morgan fingerprint density at radius 3 is 3.04 bits per heavy atom. The third-order valence-electron chi connectivity index (χ3n) is 3.16. The van der Waals surface area contributed by atoms with Gasteiger partial charge in [0.15, 0.2) is 5.65 Å². The van der Waals surface area contributed by atoms with Crippen molar-refractivity contribution in [1.82, 2.24) is 19.9 Å². The number of ether oxygens (including phenoxy) is 1.